The minimum atomic E-state index is -4.61. The molecule has 0 aliphatic carbocycles. The number of carbonyl (C=O) groups is 1. The summed E-state index contributed by atoms with van der Waals surface area (Å²) >= 11 is 0. The molecule has 9 nitrogen and oxygen atoms in total. The normalized spacial score (nSPS) is 13.3. The van der Waals surface area contributed by atoms with Crippen LogP contribution in [0.5, 0.6) is 5.75 Å². The number of rotatable bonds is 8. The maximum absolute atomic E-state index is 13.9. The summed E-state index contributed by atoms with van der Waals surface area (Å²) in [5.41, 5.74) is 4.38. The topological polar surface area (TPSA) is 93.5 Å². The van der Waals surface area contributed by atoms with E-state index in [1.807, 2.05) is 65.4 Å². The summed E-state index contributed by atoms with van der Waals surface area (Å²) in [7, 11) is 3.42. The van der Waals surface area contributed by atoms with Gasteiger partial charge >= 0.3 is 6.18 Å². The van der Waals surface area contributed by atoms with Crippen LogP contribution in [0.1, 0.15) is 15.9 Å². The van der Waals surface area contributed by atoms with Crippen molar-refractivity contribution < 1.29 is 27.4 Å². The number of benzene rings is 4. The van der Waals surface area contributed by atoms with Crippen LogP contribution in [-0.2, 0) is 10.9 Å². The first-order valence-corrected chi connectivity index (χ1v) is 16.0. The predicted octanol–water partition coefficient (Wildman–Crippen LogP) is 7.91. The molecule has 0 unspecified atom stereocenters. The van der Waals surface area contributed by atoms with E-state index in [4.69, 9.17) is 9.47 Å². The molecular weight excluding hydrogens is 645 g/mol. The standard InChI is InChI=1S/C38H33F3N6O3/c1-42-35-21-36(44-23-43-35)47-22-33(24-6-9-31(49-2)10-7-24)32-11-8-26(19-34(32)47)25-4-3-5-29(17-25)45-37(48)27-16-28(38(39,40)41)20-30(18-27)46-12-14-50-15-13-46/h3-11,16-23H,12-15H2,1-2H3,(H,45,48)(H,42,43,44). The molecule has 50 heavy (non-hydrogen) atoms. The summed E-state index contributed by atoms with van der Waals surface area (Å²) in [4.78, 5) is 24.0. The molecule has 0 spiro atoms. The van der Waals surface area contributed by atoms with Crippen LogP contribution in [-0.4, -0.2) is 60.9 Å². The fourth-order valence-electron chi connectivity index (χ4n) is 6.10. The van der Waals surface area contributed by atoms with Gasteiger partial charge in [-0.05, 0) is 65.2 Å². The number of hydrogen-bond acceptors (Lipinski definition) is 7. The van der Waals surface area contributed by atoms with Crippen molar-refractivity contribution in [2.75, 3.05) is 56.0 Å². The monoisotopic (exact) mass is 678 g/mol. The maximum Gasteiger partial charge on any atom is 0.416 e. The van der Waals surface area contributed by atoms with Gasteiger partial charge in [0.15, 0.2) is 0 Å². The smallest absolute Gasteiger partial charge is 0.416 e. The van der Waals surface area contributed by atoms with E-state index in [2.05, 4.69) is 20.6 Å². The molecule has 1 saturated heterocycles. The van der Waals surface area contributed by atoms with Crippen molar-refractivity contribution >= 4 is 34.0 Å². The molecule has 1 aliphatic rings. The van der Waals surface area contributed by atoms with Gasteiger partial charge in [-0.3, -0.25) is 4.79 Å². The number of nitrogens with zero attached hydrogens (tertiary/aromatic N) is 4. The van der Waals surface area contributed by atoms with Crippen LogP contribution in [0.2, 0.25) is 0 Å². The number of aromatic nitrogens is 3. The summed E-state index contributed by atoms with van der Waals surface area (Å²) in [5.74, 6) is 1.46. The van der Waals surface area contributed by atoms with E-state index >= 15 is 0 Å². The Kier molecular flexibility index (Phi) is 8.85. The molecule has 12 heteroatoms. The molecular formula is C38H33F3N6O3. The molecule has 2 N–H and O–H groups in total. The Morgan fingerprint density at radius 1 is 0.880 bits per heavy atom. The number of nitrogens with one attached hydrogen (secondary N) is 2. The lowest BCUT2D eigenvalue weighted by atomic mass is 10.0. The van der Waals surface area contributed by atoms with Gasteiger partial charge in [0, 0.05) is 60.3 Å². The second kappa shape index (κ2) is 13.6. The first-order valence-electron chi connectivity index (χ1n) is 16.0. The Bertz CT molecular complexity index is 2180. The number of alkyl halides is 3. The third-order valence-corrected chi connectivity index (χ3v) is 8.70. The van der Waals surface area contributed by atoms with Gasteiger partial charge < -0.3 is 29.6 Å². The van der Waals surface area contributed by atoms with Gasteiger partial charge in [0.25, 0.3) is 5.91 Å². The molecule has 1 amide bonds. The predicted molar refractivity (Wildman–Crippen MR) is 188 cm³/mol. The van der Waals surface area contributed by atoms with Crippen molar-refractivity contribution in [3.05, 3.63) is 115 Å². The maximum atomic E-state index is 13.9. The van der Waals surface area contributed by atoms with Crippen LogP contribution >= 0.6 is 0 Å². The second-order valence-corrected chi connectivity index (χ2v) is 11.8. The number of halogens is 3. The third-order valence-electron chi connectivity index (χ3n) is 8.70. The van der Waals surface area contributed by atoms with Crippen molar-refractivity contribution in [3.8, 4) is 33.8 Å². The lowest BCUT2D eigenvalue weighted by molar-refractivity contribution is -0.137. The van der Waals surface area contributed by atoms with E-state index in [-0.39, 0.29) is 5.56 Å². The summed E-state index contributed by atoms with van der Waals surface area (Å²) in [5, 5.41) is 6.87. The number of fused-ring (bicyclic) bond motifs is 1. The number of carbonyl (C=O) groups excluding carboxylic acids is 1. The zero-order chi connectivity index (χ0) is 34.8. The highest BCUT2D eigenvalue weighted by molar-refractivity contribution is 6.05. The van der Waals surface area contributed by atoms with E-state index in [1.165, 1.54) is 12.4 Å². The lowest BCUT2D eigenvalue weighted by Gasteiger charge is -2.29. The summed E-state index contributed by atoms with van der Waals surface area (Å²) < 4.78 is 54.3. The molecule has 0 atom stereocenters. The number of anilines is 3. The van der Waals surface area contributed by atoms with Gasteiger partial charge in [-0.25, -0.2) is 9.97 Å². The molecule has 1 aliphatic heterocycles. The van der Waals surface area contributed by atoms with Crippen LogP contribution in [0.4, 0.5) is 30.4 Å². The minimum Gasteiger partial charge on any atom is -0.497 e. The molecule has 7 rings (SSSR count). The van der Waals surface area contributed by atoms with Crippen molar-refractivity contribution in [2.45, 2.75) is 6.18 Å². The van der Waals surface area contributed by atoms with Crippen LogP contribution in [0.15, 0.2) is 104 Å². The fourth-order valence-corrected chi connectivity index (χ4v) is 6.10. The Morgan fingerprint density at radius 2 is 1.64 bits per heavy atom. The van der Waals surface area contributed by atoms with Crippen molar-refractivity contribution in [3.63, 3.8) is 0 Å². The first kappa shape index (κ1) is 32.7. The van der Waals surface area contributed by atoms with Crippen LogP contribution in [0, 0.1) is 0 Å². The number of ether oxygens (including phenoxy) is 2. The third kappa shape index (κ3) is 6.70. The molecule has 3 heterocycles. The highest BCUT2D eigenvalue weighted by Crippen LogP contribution is 2.37. The quantitative estimate of drug-likeness (QED) is 0.169. The minimum absolute atomic E-state index is 0.0807. The molecule has 0 radical (unpaired) electrons. The molecule has 2 aromatic heterocycles. The Labute approximate surface area is 286 Å². The van der Waals surface area contributed by atoms with E-state index in [0.717, 1.165) is 51.0 Å². The van der Waals surface area contributed by atoms with Crippen LogP contribution in [0.3, 0.4) is 0 Å². The lowest BCUT2D eigenvalue weighted by Crippen LogP contribution is -2.36. The summed E-state index contributed by atoms with van der Waals surface area (Å²) in [6, 6.07) is 26.5. The Morgan fingerprint density at radius 3 is 2.38 bits per heavy atom. The number of morpholine rings is 1. The highest BCUT2D eigenvalue weighted by Gasteiger charge is 2.32. The van der Waals surface area contributed by atoms with Crippen LogP contribution in [0.25, 0.3) is 39.0 Å². The molecule has 4 aromatic carbocycles. The summed E-state index contributed by atoms with van der Waals surface area (Å²) in [6.07, 6.45) is -1.07. The number of amides is 1. The zero-order valence-electron chi connectivity index (χ0n) is 27.3. The van der Waals surface area contributed by atoms with Gasteiger partial charge in [-0.15, -0.1) is 0 Å². The fraction of sp³-hybridized carbons (Fsp3) is 0.184. The van der Waals surface area contributed by atoms with Crippen molar-refractivity contribution in [1.29, 1.82) is 0 Å². The van der Waals surface area contributed by atoms with Gasteiger partial charge in [0.2, 0.25) is 0 Å². The summed E-state index contributed by atoms with van der Waals surface area (Å²) in [6.45, 7) is 1.68. The molecule has 6 aromatic rings. The molecule has 0 saturated carbocycles. The van der Waals surface area contributed by atoms with E-state index < -0.39 is 17.6 Å². The van der Waals surface area contributed by atoms with Gasteiger partial charge in [-0.2, -0.15) is 13.2 Å². The van der Waals surface area contributed by atoms with Gasteiger partial charge in [0.05, 0.1) is 31.4 Å². The van der Waals surface area contributed by atoms with Crippen molar-refractivity contribution in [2.24, 2.45) is 0 Å². The van der Waals surface area contributed by atoms with E-state index in [0.29, 0.717) is 49.3 Å². The molecule has 0 bridgehead atoms. The largest absolute Gasteiger partial charge is 0.497 e. The molecule has 1 fully saturated rings. The second-order valence-electron chi connectivity index (χ2n) is 11.8. The molecule has 254 valence electrons. The number of methoxy groups -OCH3 is 1. The Balaban J connectivity index is 1.24. The average molecular weight is 679 g/mol. The first-order chi connectivity index (χ1) is 24.2. The zero-order valence-corrected chi connectivity index (χ0v) is 27.3. The van der Waals surface area contributed by atoms with Crippen molar-refractivity contribution in [1.82, 2.24) is 14.5 Å². The van der Waals surface area contributed by atoms with E-state index in [1.54, 1.807) is 37.3 Å². The van der Waals surface area contributed by atoms with Crippen LogP contribution < -0.4 is 20.3 Å². The average Bonchev–Trinajstić information content (AvgIpc) is 3.54. The van der Waals surface area contributed by atoms with E-state index in [9.17, 15) is 18.0 Å². The SMILES string of the molecule is CNc1cc(-n2cc(-c3ccc(OC)cc3)c3ccc(-c4cccc(NC(=O)c5cc(N6CCOCC6)cc(C(F)(F)F)c5)c4)cc32)ncn1. The highest BCUT2D eigenvalue weighted by atomic mass is 19.4. The number of hydrogen-bond donors (Lipinski definition) is 2. The van der Waals surface area contributed by atoms with Gasteiger partial charge in [-0.1, -0.05) is 36.4 Å². The Hall–Kier alpha value is -5.88. The van der Waals surface area contributed by atoms with Gasteiger partial charge in [0.1, 0.15) is 23.7 Å².